The van der Waals surface area contributed by atoms with E-state index in [-0.39, 0.29) is 20.4 Å². The van der Waals surface area contributed by atoms with Crippen molar-refractivity contribution in [2.75, 3.05) is 0 Å². The van der Waals surface area contributed by atoms with Crippen LogP contribution in [0.2, 0.25) is 5.02 Å². The molecule has 0 N–H and O–H groups in total. The summed E-state index contributed by atoms with van der Waals surface area (Å²) in [5, 5.41) is 3.16. The van der Waals surface area contributed by atoms with E-state index in [2.05, 4.69) is 21.0 Å². The topological polar surface area (TPSA) is 34.9 Å². The summed E-state index contributed by atoms with van der Waals surface area (Å²) in [4.78, 5) is 12.8. The van der Waals surface area contributed by atoms with Crippen LogP contribution in [-0.4, -0.2) is 16.0 Å². The van der Waals surface area contributed by atoms with Gasteiger partial charge in [-0.3, -0.25) is 9.48 Å². The molecular weight excluding hydrogens is 459 g/mol. The molecule has 10 heteroatoms. The lowest BCUT2D eigenvalue weighted by Gasteiger charge is -2.21. The summed E-state index contributed by atoms with van der Waals surface area (Å²) in [5.74, 6) is -1.79. The molecule has 0 aliphatic heterocycles. The van der Waals surface area contributed by atoms with E-state index in [1.165, 1.54) is 12.1 Å². The van der Waals surface area contributed by atoms with Gasteiger partial charge in [0.1, 0.15) is 23.4 Å². The van der Waals surface area contributed by atoms with Crippen LogP contribution in [0.3, 0.4) is 0 Å². The van der Waals surface area contributed by atoms with Crippen molar-refractivity contribution in [1.29, 1.82) is 0 Å². The third-order valence-electron chi connectivity index (χ3n) is 3.99. The molecule has 1 heterocycles. The number of hydrogen-bond donors (Lipinski definition) is 0. The average Bonchev–Trinajstić information content (AvgIpc) is 2.57. The fourth-order valence-electron chi connectivity index (χ4n) is 2.56. The number of aromatic nitrogens is 2. The molecule has 0 radical (unpaired) electrons. The minimum atomic E-state index is -4.72. The highest BCUT2D eigenvalue weighted by molar-refractivity contribution is 9.10. The Hall–Kier alpha value is -2.00. The Morgan fingerprint density at radius 2 is 1.85 bits per heavy atom. The highest BCUT2D eigenvalue weighted by Gasteiger charge is 2.39. The molecule has 3 rings (SSSR count). The highest BCUT2D eigenvalue weighted by atomic mass is 79.9. The maximum atomic E-state index is 14.3. The largest absolute Gasteiger partial charge is 0.410 e. The van der Waals surface area contributed by atoms with Gasteiger partial charge >= 0.3 is 6.18 Å². The highest BCUT2D eigenvalue weighted by Crippen LogP contribution is 2.34. The predicted molar refractivity (Wildman–Crippen MR) is 94.8 cm³/mol. The van der Waals surface area contributed by atoms with Crippen molar-refractivity contribution in [2.24, 2.45) is 0 Å². The number of hydrogen-bond acceptors (Lipinski definition) is 2. The number of benzene rings is 2. The molecule has 0 bridgehead atoms. The molecule has 0 aliphatic carbocycles. The van der Waals surface area contributed by atoms with E-state index in [9.17, 15) is 26.7 Å². The quantitative estimate of drug-likeness (QED) is 0.441. The van der Waals surface area contributed by atoms with Gasteiger partial charge in [0.05, 0.1) is 26.0 Å². The molecular formula is C17H9BrClF5N2O. The molecule has 0 saturated carbocycles. The van der Waals surface area contributed by atoms with Crippen LogP contribution in [0.1, 0.15) is 13.0 Å². The molecule has 27 heavy (non-hydrogen) atoms. The Bertz CT molecular complexity index is 1090. The summed E-state index contributed by atoms with van der Waals surface area (Å²) in [6, 6.07) is 3.17. The first kappa shape index (κ1) is 19.8. The van der Waals surface area contributed by atoms with Gasteiger partial charge in [-0.25, -0.2) is 8.78 Å². The van der Waals surface area contributed by atoms with Gasteiger partial charge in [-0.05, 0) is 47.1 Å². The molecule has 0 fully saturated rings. The van der Waals surface area contributed by atoms with E-state index < -0.39 is 40.5 Å². The summed E-state index contributed by atoms with van der Waals surface area (Å²) >= 11 is 8.81. The molecule has 1 aromatic heterocycles. The zero-order chi connectivity index (χ0) is 20.1. The van der Waals surface area contributed by atoms with Gasteiger partial charge in [-0.2, -0.15) is 18.3 Å². The summed E-state index contributed by atoms with van der Waals surface area (Å²) in [5.41, 5.74) is -2.27. The summed E-state index contributed by atoms with van der Waals surface area (Å²) in [7, 11) is 0. The number of halogens is 7. The Morgan fingerprint density at radius 1 is 1.19 bits per heavy atom. The van der Waals surface area contributed by atoms with Gasteiger partial charge in [0.2, 0.25) is 5.43 Å². The smallest absolute Gasteiger partial charge is 0.287 e. The molecule has 0 amide bonds. The van der Waals surface area contributed by atoms with Gasteiger partial charge < -0.3 is 0 Å². The first-order chi connectivity index (χ1) is 12.5. The maximum Gasteiger partial charge on any atom is 0.410 e. The van der Waals surface area contributed by atoms with Gasteiger partial charge in [0.25, 0.3) is 0 Å². The van der Waals surface area contributed by atoms with Crippen LogP contribution in [0, 0.1) is 11.6 Å². The average molecular weight is 468 g/mol. The summed E-state index contributed by atoms with van der Waals surface area (Å²) < 4.78 is 68.5. The van der Waals surface area contributed by atoms with Crippen LogP contribution < -0.4 is 5.43 Å². The lowest BCUT2D eigenvalue weighted by Crippen LogP contribution is -2.28. The number of nitrogens with zero attached hydrogens (tertiary/aromatic N) is 2. The Balaban J connectivity index is 2.49. The Labute approximate surface area is 162 Å². The standard InChI is InChI=1S/C17H9BrClF5N2O/c1-7(17(22,23)24)26-13-6-9(18)12(21)5-8(13)16(27)15(25-26)14-10(19)3-2-4-11(14)20/h2-7H,1H3. The molecule has 0 saturated heterocycles. The molecule has 2 aromatic carbocycles. The van der Waals surface area contributed by atoms with E-state index >= 15 is 0 Å². The second-order valence-electron chi connectivity index (χ2n) is 5.72. The fourth-order valence-corrected chi connectivity index (χ4v) is 3.15. The maximum absolute atomic E-state index is 14.3. The van der Waals surface area contributed by atoms with Crippen LogP contribution in [0.5, 0.6) is 0 Å². The van der Waals surface area contributed by atoms with E-state index in [0.29, 0.717) is 4.68 Å². The molecule has 3 aromatic rings. The van der Waals surface area contributed by atoms with Crippen molar-refractivity contribution in [3.63, 3.8) is 0 Å². The van der Waals surface area contributed by atoms with Crippen LogP contribution in [0.15, 0.2) is 39.6 Å². The minimum absolute atomic E-state index is 0.143. The molecule has 1 atom stereocenters. The van der Waals surface area contributed by atoms with Crippen molar-refractivity contribution in [3.05, 3.63) is 61.7 Å². The lowest BCUT2D eigenvalue weighted by molar-refractivity contribution is -0.164. The van der Waals surface area contributed by atoms with Crippen molar-refractivity contribution in [2.45, 2.75) is 19.1 Å². The molecule has 3 nitrogen and oxygen atoms in total. The number of fused-ring (bicyclic) bond motifs is 1. The number of rotatable bonds is 2. The van der Waals surface area contributed by atoms with Crippen molar-refractivity contribution in [1.82, 2.24) is 9.78 Å². The first-order valence-corrected chi connectivity index (χ1v) is 8.62. The molecule has 142 valence electrons. The first-order valence-electron chi connectivity index (χ1n) is 7.45. The van der Waals surface area contributed by atoms with Crippen LogP contribution in [0.4, 0.5) is 22.0 Å². The lowest BCUT2D eigenvalue weighted by atomic mass is 10.1. The minimum Gasteiger partial charge on any atom is -0.287 e. The SMILES string of the molecule is CC(n1nc(-c2c(F)cccc2Cl)c(=O)c2cc(F)c(Br)cc21)C(F)(F)F. The second kappa shape index (κ2) is 6.87. The summed E-state index contributed by atoms with van der Waals surface area (Å²) in [6.45, 7) is 0.820. The predicted octanol–water partition coefficient (Wildman–Crippen LogP) is 5.88. The second-order valence-corrected chi connectivity index (χ2v) is 6.98. The molecule has 1 unspecified atom stereocenters. The van der Waals surface area contributed by atoms with Gasteiger partial charge in [0.15, 0.2) is 0 Å². The van der Waals surface area contributed by atoms with Crippen LogP contribution in [0.25, 0.3) is 22.2 Å². The van der Waals surface area contributed by atoms with E-state index in [4.69, 9.17) is 11.6 Å². The van der Waals surface area contributed by atoms with E-state index in [1.807, 2.05) is 0 Å². The number of alkyl halides is 3. The zero-order valence-electron chi connectivity index (χ0n) is 13.4. The fraction of sp³-hybridized carbons (Fsp3) is 0.176. The Morgan fingerprint density at radius 3 is 2.44 bits per heavy atom. The monoisotopic (exact) mass is 466 g/mol. The van der Waals surface area contributed by atoms with Gasteiger partial charge in [-0.1, -0.05) is 17.7 Å². The summed E-state index contributed by atoms with van der Waals surface area (Å²) in [6.07, 6.45) is -4.72. The van der Waals surface area contributed by atoms with Crippen molar-refractivity contribution >= 4 is 38.4 Å². The Kier molecular flexibility index (Phi) is 5.02. The van der Waals surface area contributed by atoms with Crippen LogP contribution >= 0.6 is 27.5 Å². The van der Waals surface area contributed by atoms with Gasteiger partial charge in [-0.15, -0.1) is 0 Å². The van der Waals surface area contributed by atoms with Crippen molar-refractivity contribution in [3.8, 4) is 11.3 Å². The van der Waals surface area contributed by atoms with Crippen molar-refractivity contribution < 1.29 is 22.0 Å². The van der Waals surface area contributed by atoms with Crippen LogP contribution in [-0.2, 0) is 0 Å². The zero-order valence-corrected chi connectivity index (χ0v) is 15.8. The molecule has 0 aliphatic rings. The van der Waals surface area contributed by atoms with Gasteiger partial charge in [0, 0.05) is 0 Å². The normalized spacial score (nSPS) is 13.2. The van der Waals surface area contributed by atoms with E-state index in [1.54, 1.807) is 0 Å². The molecule has 0 spiro atoms. The third-order valence-corrected chi connectivity index (χ3v) is 4.92. The third kappa shape index (κ3) is 3.45. The van der Waals surface area contributed by atoms with E-state index in [0.717, 1.165) is 25.1 Å².